The molecule has 82 valence electrons. The summed E-state index contributed by atoms with van der Waals surface area (Å²) in [6.07, 6.45) is 0.463. The fourth-order valence-electron chi connectivity index (χ4n) is 1.91. The van der Waals surface area contributed by atoms with Gasteiger partial charge >= 0.3 is 5.97 Å². The van der Waals surface area contributed by atoms with Crippen LogP contribution in [-0.4, -0.2) is 19.0 Å². The third kappa shape index (κ3) is 1.54. The molecule has 2 N–H and O–H groups in total. The lowest BCUT2D eigenvalue weighted by Gasteiger charge is -2.05. The average Bonchev–Trinajstić information content (AvgIpc) is 2.64. The first-order chi connectivity index (χ1) is 7.67. The van der Waals surface area contributed by atoms with E-state index in [0.29, 0.717) is 17.6 Å². The van der Waals surface area contributed by atoms with Crippen LogP contribution < -0.4 is 5.73 Å². The molecule has 0 amide bonds. The number of carbonyl (C=O) groups excluding carboxylic acids is 2. The monoisotopic (exact) mass is 217 g/mol. The molecule has 0 saturated heterocycles. The highest BCUT2D eigenvalue weighted by Gasteiger charge is 2.25. The molecule has 4 nitrogen and oxygen atoms in total. The van der Waals surface area contributed by atoms with E-state index in [2.05, 4.69) is 4.74 Å². The smallest absolute Gasteiger partial charge is 0.337 e. The summed E-state index contributed by atoms with van der Waals surface area (Å²) in [6, 6.07) is 4.74. The van der Waals surface area contributed by atoms with Crippen molar-refractivity contribution in [2.24, 2.45) is 5.73 Å². The van der Waals surface area contributed by atoms with Crippen LogP contribution >= 0.6 is 0 Å². The number of rotatable bonds is 1. The first-order valence-corrected chi connectivity index (χ1v) is 4.88. The van der Waals surface area contributed by atoms with E-state index >= 15 is 0 Å². The molecular weight excluding hydrogens is 206 g/mol. The molecule has 0 aromatic heterocycles. The van der Waals surface area contributed by atoms with Gasteiger partial charge in [-0.3, -0.25) is 0 Å². The van der Waals surface area contributed by atoms with E-state index in [0.717, 1.165) is 11.1 Å². The molecule has 0 saturated carbocycles. The minimum absolute atomic E-state index is 0.389. The van der Waals surface area contributed by atoms with Gasteiger partial charge in [0.1, 0.15) is 5.94 Å². The number of methoxy groups -OCH3 is 1. The summed E-state index contributed by atoms with van der Waals surface area (Å²) in [5.74, 6) is 1.46. The highest BCUT2D eigenvalue weighted by molar-refractivity contribution is 5.89. The number of esters is 1. The van der Waals surface area contributed by atoms with Crippen LogP contribution in [0.25, 0.3) is 0 Å². The Kier molecular flexibility index (Phi) is 2.60. The predicted octanol–water partition coefficient (Wildman–Crippen LogP) is 0.787. The van der Waals surface area contributed by atoms with Crippen molar-refractivity contribution < 1.29 is 14.3 Å². The lowest BCUT2D eigenvalue weighted by atomic mass is 10.1. The lowest BCUT2D eigenvalue weighted by Crippen LogP contribution is -2.09. The number of hydrogen-bond donors (Lipinski definition) is 1. The minimum Gasteiger partial charge on any atom is -0.465 e. The molecule has 1 atom stereocenters. The van der Waals surface area contributed by atoms with Crippen molar-refractivity contribution in [3.05, 3.63) is 40.5 Å². The maximum absolute atomic E-state index is 11.3. The lowest BCUT2D eigenvalue weighted by molar-refractivity contribution is 0.0600. The molecule has 1 aliphatic carbocycles. The van der Waals surface area contributed by atoms with Crippen LogP contribution in [0.15, 0.2) is 23.8 Å². The maximum atomic E-state index is 11.3. The third-order valence-corrected chi connectivity index (χ3v) is 2.79. The summed E-state index contributed by atoms with van der Waals surface area (Å²) < 4.78 is 4.62. The van der Waals surface area contributed by atoms with Crippen LogP contribution in [0.4, 0.5) is 0 Å². The molecule has 1 aliphatic rings. The second-order valence-corrected chi connectivity index (χ2v) is 3.69. The largest absolute Gasteiger partial charge is 0.465 e. The highest BCUT2D eigenvalue weighted by Crippen LogP contribution is 2.32. The molecular formula is C12H11NO3. The van der Waals surface area contributed by atoms with E-state index in [1.54, 1.807) is 18.2 Å². The van der Waals surface area contributed by atoms with E-state index < -0.39 is 0 Å². The van der Waals surface area contributed by atoms with Gasteiger partial charge in [0.05, 0.1) is 18.7 Å². The van der Waals surface area contributed by atoms with Gasteiger partial charge in [0.15, 0.2) is 0 Å². The minimum atomic E-state index is -0.390. The Morgan fingerprint density at radius 1 is 1.56 bits per heavy atom. The summed E-state index contributed by atoms with van der Waals surface area (Å²) in [5.41, 5.74) is 8.62. The van der Waals surface area contributed by atoms with E-state index in [-0.39, 0.29) is 12.0 Å². The Morgan fingerprint density at radius 2 is 2.31 bits per heavy atom. The van der Waals surface area contributed by atoms with Gasteiger partial charge in [-0.15, -0.1) is 0 Å². The Balaban J connectivity index is 2.44. The van der Waals surface area contributed by atoms with Gasteiger partial charge in [-0.05, 0) is 23.3 Å². The third-order valence-electron chi connectivity index (χ3n) is 2.79. The van der Waals surface area contributed by atoms with E-state index in [1.807, 2.05) is 5.94 Å². The molecule has 16 heavy (non-hydrogen) atoms. The zero-order valence-electron chi connectivity index (χ0n) is 8.82. The van der Waals surface area contributed by atoms with Gasteiger partial charge in [0.2, 0.25) is 0 Å². The topological polar surface area (TPSA) is 69.4 Å². The fourth-order valence-corrected chi connectivity index (χ4v) is 1.91. The van der Waals surface area contributed by atoms with Crippen LogP contribution in [0.1, 0.15) is 27.5 Å². The first kappa shape index (κ1) is 10.6. The average molecular weight is 217 g/mol. The Hall–Kier alpha value is -1.90. The van der Waals surface area contributed by atoms with Crippen molar-refractivity contribution in [2.75, 3.05) is 7.11 Å². The summed E-state index contributed by atoms with van der Waals surface area (Å²) in [5, 5.41) is 0. The Labute approximate surface area is 92.7 Å². The van der Waals surface area contributed by atoms with Crippen molar-refractivity contribution in [3.63, 3.8) is 0 Å². The van der Waals surface area contributed by atoms with Crippen molar-refractivity contribution in [3.8, 4) is 0 Å². The van der Waals surface area contributed by atoms with Crippen molar-refractivity contribution in [1.82, 2.24) is 0 Å². The molecule has 0 radical (unpaired) electrons. The number of fused-ring (bicyclic) bond motifs is 1. The molecule has 1 unspecified atom stereocenters. The van der Waals surface area contributed by atoms with Crippen LogP contribution in [0.5, 0.6) is 0 Å². The zero-order valence-corrected chi connectivity index (χ0v) is 8.82. The SMILES string of the molecule is COC(=O)c1ccc2c(c1)CC(=C=O)C2N. The predicted molar refractivity (Wildman–Crippen MR) is 57.6 cm³/mol. The van der Waals surface area contributed by atoms with Gasteiger partial charge in [0, 0.05) is 12.0 Å². The number of carbonyl (C=O) groups is 1. The molecule has 2 rings (SSSR count). The Bertz CT molecular complexity index is 501. The molecule has 0 aliphatic heterocycles. The normalized spacial score (nSPS) is 17.9. The molecule has 0 bridgehead atoms. The van der Waals surface area contributed by atoms with Gasteiger partial charge in [-0.1, -0.05) is 6.07 Å². The summed E-state index contributed by atoms with van der Waals surface area (Å²) in [6.45, 7) is 0. The molecule has 4 heteroatoms. The number of nitrogens with two attached hydrogens (primary N) is 1. The van der Waals surface area contributed by atoms with Crippen LogP contribution in [0, 0.1) is 0 Å². The standard InChI is InChI=1S/C12H11NO3/c1-16-12(15)7-2-3-10-8(4-7)5-9(6-14)11(10)13/h2-4,11H,5,13H2,1H3. The Morgan fingerprint density at radius 3 is 2.94 bits per heavy atom. The fraction of sp³-hybridized carbons (Fsp3) is 0.250. The quantitative estimate of drug-likeness (QED) is 0.557. The molecule has 0 heterocycles. The maximum Gasteiger partial charge on any atom is 0.337 e. The first-order valence-electron chi connectivity index (χ1n) is 4.88. The van der Waals surface area contributed by atoms with Crippen molar-refractivity contribution in [2.45, 2.75) is 12.5 Å². The van der Waals surface area contributed by atoms with Crippen molar-refractivity contribution >= 4 is 11.9 Å². The van der Waals surface area contributed by atoms with Crippen LogP contribution in [0.2, 0.25) is 0 Å². The van der Waals surface area contributed by atoms with Crippen molar-refractivity contribution in [1.29, 1.82) is 0 Å². The van der Waals surface area contributed by atoms with E-state index in [4.69, 9.17) is 5.73 Å². The zero-order chi connectivity index (χ0) is 11.7. The highest BCUT2D eigenvalue weighted by atomic mass is 16.5. The van der Waals surface area contributed by atoms with Gasteiger partial charge in [-0.2, -0.15) is 0 Å². The number of ether oxygens (including phenoxy) is 1. The van der Waals surface area contributed by atoms with E-state index in [1.165, 1.54) is 7.11 Å². The van der Waals surface area contributed by atoms with Crippen LogP contribution in [0.3, 0.4) is 0 Å². The second kappa shape index (κ2) is 3.93. The van der Waals surface area contributed by atoms with Crippen LogP contribution in [-0.2, 0) is 16.0 Å². The number of hydrogen-bond acceptors (Lipinski definition) is 4. The molecule has 0 fully saturated rings. The van der Waals surface area contributed by atoms with Gasteiger partial charge < -0.3 is 10.5 Å². The second-order valence-electron chi connectivity index (χ2n) is 3.69. The summed E-state index contributed by atoms with van der Waals surface area (Å²) in [4.78, 5) is 21.9. The molecule has 0 spiro atoms. The van der Waals surface area contributed by atoms with Gasteiger partial charge in [0.25, 0.3) is 0 Å². The molecule has 1 aromatic carbocycles. The van der Waals surface area contributed by atoms with Gasteiger partial charge in [-0.25, -0.2) is 9.59 Å². The number of benzene rings is 1. The molecule has 1 aromatic rings. The summed E-state index contributed by atoms with van der Waals surface area (Å²) >= 11 is 0. The van der Waals surface area contributed by atoms with E-state index in [9.17, 15) is 9.59 Å². The summed E-state index contributed by atoms with van der Waals surface area (Å²) in [7, 11) is 1.33.